The number of hydrogen-bond donors (Lipinski definition) is 0. The minimum atomic E-state index is -0.422. The van der Waals surface area contributed by atoms with Crippen molar-refractivity contribution in [3.63, 3.8) is 0 Å². The Kier molecular flexibility index (Phi) is 6.30. The Hall–Kier alpha value is -1.88. The average Bonchev–Trinajstić information content (AvgIpc) is 2.91. The van der Waals surface area contributed by atoms with Crippen molar-refractivity contribution in [2.24, 2.45) is 0 Å². The van der Waals surface area contributed by atoms with Crippen LogP contribution < -0.4 is 0 Å². The predicted molar refractivity (Wildman–Crippen MR) is 102 cm³/mol. The van der Waals surface area contributed by atoms with Crippen LogP contribution >= 0.6 is 11.8 Å². The molecule has 0 radical (unpaired) electrons. The van der Waals surface area contributed by atoms with Crippen molar-refractivity contribution < 1.29 is 13.6 Å². The molecule has 0 bridgehead atoms. The van der Waals surface area contributed by atoms with E-state index in [1.165, 1.54) is 12.1 Å². The van der Waals surface area contributed by atoms with Gasteiger partial charge in [0.2, 0.25) is 5.91 Å². The number of halogens is 2. The van der Waals surface area contributed by atoms with E-state index in [1.807, 2.05) is 42.2 Å². The molecule has 1 amide bonds. The Balaban J connectivity index is 1.72. The maximum atomic E-state index is 14.1. The summed E-state index contributed by atoms with van der Waals surface area (Å²) in [6, 6.07) is 13.4. The normalized spacial score (nSPS) is 19.0. The maximum absolute atomic E-state index is 14.1. The molecule has 1 aliphatic rings. The van der Waals surface area contributed by atoms with E-state index in [1.54, 1.807) is 11.8 Å². The zero-order valence-corrected chi connectivity index (χ0v) is 15.6. The number of carbonyl (C=O) groups is 1. The van der Waals surface area contributed by atoms with Crippen LogP contribution in [-0.2, 0) is 4.79 Å². The van der Waals surface area contributed by atoms with E-state index in [0.29, 0.717) is 25.1 Å². The zero-order chi connectivity index (χ0) is 18.5. The summed E-state index contributed by atoms with van der Waals surface area (Å²) >= 11 is 1.60. The highest BCUT2D eigenvalue weighted by Crippen LogP contribution is 2.36. The molecule has 2 atom stereocenters. The summed E-state index contributed by atoms with van der Waals surface area (Å²) in [6.07, 6.45) is 1.37. The summed E-state index contributed by atoms with van der Waals surface area (Å²) in [5.74, 6) is -0.102. The van der Waals surface area contributed by atoms with Gasteiger partial charge in [-0.2, -0.15) is 11.8 Å². The summed E-state index contributed by atoms with van der Waals surface area (Å²) in [4.78, 5) is 14.9. The van der Waals surface area contributed by atoms with Gasteiger partial charge in [0.25, 0.3) is 0 Å². The van der Waals surface area contributed by atoms with Gasteiger partial charge in [-0.05, 0) is 36.6 Å². The molecule has 0 spiro atoms. The van der Waals surface area contributed by atoms with E-state index >= 15 is 0 Å². The van der Waals surface area contributed by atoms with Crippen LogP contribution in [0, 0.1) is 11.6 Å². The fourth-order valence-corrected chi connectivity index (χ4v) is 4.70. The van der Waals surface area contributed by atoms with Gasteiger partial charge in [-0.3, -0.25) is 4.79 Å². The molecule has 3 rings (SSSR count). The average molecular weight is 375 g/mol. The number of hydrogen-bond acceptors (Lipinski definition) is 2. The fraction of sp³-hybridized carbons (Fsp3) is 0.381. The second-order valence-corrected chi connectivity index (χ2v) is 7.82. The van der Waals surface area contributed by atoms with E-state index in [4.69, 9.17) is 0 Å². The number of benzene rings is 2. The van der Waals surface area contributed by atoms with Gasteiger partial charge in [0, 0.05) is 29.7 Å². The quantitative estimate of drug-likeness (QED) is 0.735. The molecule has 5 heteroatoms. The predicted octanol–water partition coefficient (Wildman–Crippen LogP) is 5.17. The first-order valence-corrected chi connectivity index (χ1v) is 10.0. The van der Waals surface area contributed by atoms with Gasteiger partial charge >= 0.3 is 0 Å². The lowest BCUT2D eigenvalue weighted by Gasteiger charge is -2.26. The Labute approximate surface area is 157 Å². The van der Waals surface area contributed by atoms with Crippen LogP contribution in [0.25, 0.3) is 0 Å². The van der Waals surface area contributed by atoms with E-state index in [2.05, 4.69) is 0 Å². The minimum Gasteiger partial charge on any atom is -0.341 e. The number of rotatable bonds is 4. The standard InChI is InChI=1S/C21H23F2NOS/c1-2-17(15-6-4-3-5-7-15)21(25)24-11-10-20(26-13-12-24)18-14-16(22)8-9-19(18)23/h3-9,14,17,20H,2,10-13H2,1H3. The molecular weight excluding hydrogens is 352 g/mol. The summed E-state index contributed by atoms with van der Waals surface area (Å²) in [7, 11) is 0. The van der Waals surface area contributed by atoms with E-state index < -0.39 is 5.82 Å². The van der Waals surface area contributed by atoms with Gasteiger partial charge in [0.1, 0.15) is 11.6 Å². The third kappa shape index (κ3) is 4.26. The number of amides is 1. The molecule has 1 heterocycles. The molecule has 1 aliphatic heterocycles. The summed E-state index contributed by atoms with van der Waals surface area (Å²) in [5.41, 5.74) is 1.43. The monoisotopic (exact) mass is 375 g/mol. The lowest BCUT2D eigenvalue weighted by Crippen LogP contribution is -2.36. The first kappa shape index (κ1) is 18.9. The van der Waals surface area contributed by atoms with Crippen LogP contribution in [0.2, 0.25) is 0 Å². The Morgan fingerprint density at radius 2 is 1.96 bits per heavy atom. The number of carbonyl (C=O) groups excluding carboxylic acids is 1. The number of thioether (sulfide) groups is 1. The smallest absolute Gasteiger partial charge is 0.230 e. The molecule has 2 nitrogen and oxygen atoms in total. The highest BCUT2D eigenvalue weighted by Gasteiger charge is 2.28. The second kappa shape index (κ2) is 8.67. The molecule has 0 aliphatic carbocycles. The van der Waals surface area contributed by atoms with Crippen LogP contribution in [-0.4, -0.2) is 29.6 Å². The van der Waals surface area contributed by atoms with Crippen LogP contribution in [0.4, 0.5) is 8.78 Å². The molecule has 2 unspecified atom stereocenters. The molecule has 1 fully saturated rings. The van der Waals surface area contributed by atoms with Crippen molar-refractivity contribution in [1.29, 1.82) is 0 Å². The third-order valence-electron chi connectivity index (χ3n) is 4.87. The minimum absolute atomic E-state index is 0.125. The van der Waals surface area contributed by atoms with Crippen LogP contribution in [0.5, 0.6) is 0 Å². The highest BCUT2D eigenvalue weighted by atomic mass is 32.2. The zero-order valence-electron chi connectivity index (χ0n) is 14.8. The van der Waals surface area contributed by atoms with Crippen LogP contribution in [0.1, 0.15) is 42.1 Å². The summed E-state index contributed by atoms with van der Waals surface area (Å²) < 4.78 is 27.6. The Morgan fingerprint density at radius 3 is 2.69 bits per heavy atom. The largest absolute Gasteiger partial charge is 0.341 e. The van der Waals surface area contributed by atoms with Gasteiger partial charge in [-0.1, -0.05) is 37.3 Å². The first-order chi connectivity index (χ1) is 12.6. The van der Waals surface area contributed by atoms with Crippen molar-refractivity contribution in [2.75, 3.05) is 18.8 Å². The topological polar surface area (TPSA) is 20.3 Å². The Bertz CT molecular complexity index is 753. The lowest BCUT2D eigenvalue weighted by atomic mass is 9.95. The van der Waals surface area contributed by atoms with Crippen molar-refractivity contribution in [3.05, 3.63) is 71.3 Å². The van der Waals surface area contributed by atoms with E-state index in [-0.39, 0.29) is 22.9 Å². The van der Waals surface area contributed by atoms with Gasteiger partial charge in [-0.15, -0.1) is 0 Å². The first-order valence-electron chi connectivity index (χ1n) is 9.00. The molecule has 0 N–H and O–H groups in total. The maximum Gasteiger partial charge on any atom is 0.230 e. The SMILES string of the molecule is CCC(C(=O)N1CCSC(c2cc(F)ccc2F)CC1)c1ccccc1. The van der Waals surface area contributed by atoms with Crippen molar-refractivity contribution in [1.82, 2.24) is 4.90 Å². The summed E-state index contributed by atoms with van der Waals surface area (Å²) in [6.45, 7) is 3.23. The van der Waals surface area contributed by atoms with Gasteiger partial charge in [-0.25, -0.2) is 8.78 Å². The van der Waals surface area contributed by atoms with E-state index in [0.717, 1.165) is 23.8 Å². The molecule has 0 aromatic heterocycles. The van der Waals surface area contributed by atoms with Gasteiger partial charge in [0.15, 0.2) is 0 Å². The molecular formula is C21H23F2NOS. The summed E-state index contributed by atoms with van der Waals surface area (Å²) in [5, 5.41) is -0.125. The Morgan fingerprint density at radius 1 is 1.19 bits per heavy atom. The molecule has 138 valence electrons. The second-order valence-electron chi connectivity index (χ2n) is 6.51. The van der Waals surface area contributed by atoms with Crippen molar-refractivity contribution in [2.45, 2.75) is 30.9 Å². The third-order valence-corrected chi connectivity index (χ3v) is 6.18. The molecule has 0 saturated carbocycles. The van der Waals surface area contributed by atoms with Crippen LogP contribution in [0.15, 0.2) is 48.5 Å². The molecule has 1 saturated heterocycles. The molecule has 26 heavy (non-hydrogen) atoms. The van der Waals surface area contributed by atoms with E-state index in [9.17, 15) is 13.6 Å². The molecule has 2 aromatic carbocycles. The van der Waals surface area contributed by atoms with Crippen molar-refractivity contribution in [3.8, 4) is 0 Å². The van der Waals surface area contributed by atoms with Crippen LogP contribution in [0.3, 0.4) is 0 Å². The van der Waals surface area contributed by atoms with Gasteiger partial charge < -0.3 is 4.90 Å². The highest BCUT2D eigenvalue weighted by molar-refractivity contribution is 7.99. The van der Waals surface area contributed by atoms with Gasteiger partial charge in [0.05, 0.1) is 5.92 Å². The van der Waals surface area contributed by atoms with Crippen molar-refractivity contribution >= 4 is 17.7 Å². The fourth-order valence-electron chi connectivity index (χ4n) is 3.46. The number of nitrogens with zero attached hydrogens (tertiary/aromatic N) is 1. The molecule has 2 aromatic rings. The lowest BCUT2D eigenvalue weighted by molar-refractivity contribution is -0.132.